The lowest BCUT2D eigenvalue weighted by Gasteiger charge is -2.33. The largest absolute Gasteiger partial charge is 0.103 e. The van der Waals surface area contributed by atoms with Crippen molar-refractivity contribution in [3.05, 3.63) is 12.7 Å². The molecular weight excluding hydrogens is 168 g/mol. The Morgan fingerprint density at radius 1 is 0.857 bits per heavy atom. The summed E-state index contributed by atoms with van der Waals surface area (Å²) in [5.41, 5.74) is 0.631. The highest BCUT2D eigenvalue weighted by Crippen LogP contribution is 2.39. The Kier molecular flexibility index (Phi) is 7.93. The summed E-state index contributed by atoms with van der Waals surface area (Å²) in [6, 6.07) is 0. The van der Waals surface area contributed by atoms with E-state index in [2.05, 4.69) is 33.4 Å². The van der Waals surface area contributed by atoms with Gasteiger partial charge in [-0.25, -0.2) is 0 Å². The Labute approximate surface area is 90.8 Å². The SMILES string of the molecule is C=CCCC(CCC)(CCC)CCC. The maximum Gasteiger partial charge on any atom is -0.0295 e. The minimum Gasteiger partial charge on any atom is -0.103 e. The third kappa shape index (κ3) is 4.83. The topological polar surface area (TPSA) is 0 Å². The Balaban J connectivity index is 4.28. The van der Waals surface area contributed by atoms with Crippen LogP contribution in [0.1, 0.15) is 72.1 Å². The molecule has 0 spiro atoms. The Hall–Kier alpha value is -0.260. The van der Waals surface area contributed by atoms with Crippen LogP contribution in [0.4, 0.5) is 0 Å². The summed E-state index contributed by atoms with van der Waals surface area (Å²) in [5, 5.41) is 0. The standard InChI is InChI=1S/C14H28/c1-5-9-13-14(10-6-2,11-7-3)12-8-4/h5H,1,6-13H2,2-4H3. The van der Waals surface area contributed by atoms with E-state index in [0.717, 1.165) is 0 Å². The molecule has 0 rings (SSSR count). The molecule has 14 heavy (non-hydrogen) atoms. The van der Waals surface area contributed by atoms with Crippen molar-refractivity contribution in [3.8, 4) is 0 Å². The molecule has 0 aromatic rings. The maximum absolute atomic E-state index is 3.84. The quantitative estimate of drug-likeness (QED) is 0.437. The molecule has 0 saturated carbocycles. The molecule has 0 atom stereocenters. The summed E-state index contributed by atoms with van der Waals surface area (Å²) in [6.45, 7) is 10.8. The van der Waals surface area contributed by atoms with Crippen molar-refractivity contribution in [1.29, 1.82) is 0 Å². The zero-order valence-electron chi connectivity index (χ0n) is 10.4. The third-order valence-corrected chi connectivity index (χ3v) is 3.22. The summed E-state index contributed by atoms with van der Waals surface area (Å²) >= 11 is 0. The van der Waals surface area contributed by atoms with E-state index in [-0.39, 0.29) is 0 Å². The molecule has 0 fully saturated rings. The molecule has 0 nitrogen and oxygen atoms in total. The van der Waals surface area contributed by atoms with Crippen molar-refractivity contribution >= 4 is 0 Å². The molecular formula is C14H28. The molecule has 0 heterocycles. The first-order chi connectivity index (χ1) is 6.74. The van der Waals surface area contributed by atoms with Gasteiger partial charge in [-0.3, -0.25) is 0 Å². The monoisotopic (exact) mass is 196 g/mol. The van der Waals surface area contributed by atoms with Gasteiger partial charge in [-0.05, 0) is 37.5 Å². The van der Waals surface area contributed by atoms with Crippen LogP contribution in [-0.4, -0.2) is 0 Å². The number of allylic oxidation sites excluding steroid dienone is 1. The van der Waals surface area contributed by atoms with Crippen LogP contribution in [0, 0.1) is 5.41 Å². The molecule has 0 aliphatic heterocycles. The number of hydrogen-bond donors (Lipinski definition) is 0. The first kappa shape index (κ1) is 13.7. The summed E-state index contributed by atoms with van der Waals surface area (Å²) in [7, 11) is 0. The average Bonchev–Trinajstić information content (AvgIpc) is 2.16. The smallest absolute Gasteiger partial charge is 0.0295 e. The predicted octanol–water partition coefficient (Wildman–Crippen LogP) is 5.34. The minimum absolute atomic E-state index is 0.631. The fraction of sp³-hybridized carbons (Fsp3) is 0.857. The van der Waals surface area contributed by atoms with Gasteiger partial charge in [-0.15, -0.1) is 6.58 Å². The third-order valence-electron chi connectivity index (χ3n) is 3.22. The van der Waals surface area contributed by atoms with Gasteiger partial charge in [0, 0.05) is 0 Å². The molecule has 0 aromatic heterocycles. The maximum atomic E-state index is 3.84. The van der Waals surface area contributed by atoms with E-state index in [9.17, 15) is 0 Å². The molecule has 0 aliphatic carbocycles. The van der Waals surface area contributed by atoms with Gasteiger partial charge in [0.15, 0.2) is 0 Å². The lowest BCUT2D eigenvalue weighted by atomic mass is 9.72. The van der Waals surface area contributed by atoms with Crippen LogP contribution in [-0.2, 0) is 0 Å². The summed E-state index contributed by atoms with van der Waals surface area (Å²) in [4.78, 5) is 0. The summed E-state index contributed by atoms with van der Waals surface area (Å²) in [6.07, 6.45) is 12.8. The van der Waals surface area contributed by atoms with E-state index >= 15 is 0 Å². The van der Waals surface area contributed by atoms with Crippen molar-refractivity contribution in [2.24, 2.45) is 5.41 Å². The van der Waals surface area contributed by atoms with Crippen LogP contribution in [0.25, 0.3) is 0 Å². The Morgan fingerprint density at radius 2 is 1.29 bits per heavy atom. The average molecular weight is 196 g/mol. The highest BCUT2D eigenvalue weighted by Gasteiger charge is 2.25. The summed E-state index contributed by atoms with van der Waals surface area (Å²) in [5.74, 6) is 0. The van der Waals surface area contributed by atoms with Gasteiger partial charge in [0.25, 0.3) is 0 Å². The lowest BCUT2D eigenvalue weighted by molar-refractivity contribution is 0.194. The molecule has 0 saturated heterocycles. The highest BCUT2D eigenvalue weighted by atomic mass is 14.3. The van der Waals surface area contributed by atoms with Crippen LogP contribution in [0.15, 0.2) is 12.7 Å². The molecule has 0 unspecified atom stereocenters. The first-order valence-electron chi connectivity index (χ1n) is 6.35. The van der Waals surface area contributed by atoms with Crippen molar-refractivity contribution in [2.45, 2.75) is 72.1 Å². The van der Waals surface area contributed by atoms with E-state index in [1.165, 1.54) is 51.4 Å². The highest BCUT2D eigenvalue weighted by molar-refractivity contribution is 4.81. The van der Waals surface area contributed by atoms with Gasteiger partial charge >= 0.3 is 0 Å². The second-order valence-electron chi connectivity index (χ2n) is 4.58. The normalized spacial score (nSPS) is 11.6. The van der Waals surface area contributed by atoms with E-state index in [1.807, 2.05) is 0 Å². The molecule has 0 amide bonds. The molecule has 0 bridgehead atoms. The molecule has 0 N–H and O–H groups in total. The molecule has 0 radical (unpaired) electrons. The zero-order chi connectivity index (χ0) is 10.9. The molecule has 0 aromatic carbocycles. The predicted molar refractivity (Wildman–Crippen MR) is 66.6 cm³/mol. The van der Waals surface area contributed by atoms with Crippen LogP contribution in [0.5, 0.6) is 0 Å². The van der Waals surface area contributed by atoms with Gasteiger partial charge in [0.2, 0.25) is 0 Å². The first-order valence-corrected chi connectivity index (χ1v) is 6.35. The van der Waals surface area contributed by atoms with E-state index in [0.29, 0.717) is 5.41 Å². The van der Waals surface area contributed by atoms with Crippen molar-refractivity contribution in [2.75, 3.05) is 0 Å². The number of rotatable bonds is 9. The Morgan fingerprint density at radius 3 is 1.57 bits per heavy atom. The van der Waals surface area contributed by atoms with Gasteiger partial charge in [0.1, 0.15) is 0 Å². The lowest BCUT2D eigenvalue weighted by Crippen LogP contribution is -2.20. The fourth-order valence-corrected chi connectivity index (χ4v) is 2.75. The van der Waals surface area contributed by atoms with Gasteiger partial charge in [-0.1, -0.05) is 46.1 Å². The molecule has 0 heteroatoms. The number of hydrogen-bond acceptors (Lipinski definition) is 0. The van der Waals surface area contributed by atoms with E-state index in [4.69, 9.17) is 0 Å². The summed E-state index contributed by atoms with van der Waals surface area (Å²) < 4.78 is 0. The second-order valence-corrected chi connectivity index (χ2v) is 4.58. The zero-order valence-corrected chi connectivity index (χ0v) is 10.4. The van der Waals surface area contributed by atoms with Crippen LogP contribution < -0.4 is 0 Å². The minimum atomic E-state index is 0.631. The Bertz CT molecular complexity index is 118. The van der Waals surface area contributed by atoms with Gasteiger partial charge in [0.05, 0.1) is 0 Å². The van der Waals surface area contributed by atoms with Gasteiger partial charge in [-0.2, -0.15) is 0 Å². The van der Waals surface area contributed by atoms with E-state index < -0.39 is 0 Å². The molecule has 0 aliphatic rings. The van der Waals surface area contributed by atoms with Crippen molar-refractivity contribution < 1.29 is 0 Å². The van der Waals surface area contributed by atoms with Crippen LogP contribution in [0.2, 0.25) is 0 Å². The van der Waals surface area contributed by atoms with Crippen LogP contribution >= 0.6 is 0 Å². The van der Waals surface area contributed by atoms with Gasteiger partial charge < -0.3 is 0 Å². The van der Waals surface area contributed by atoms with Crippen molar-refractivity contribution in [1.82, 2.24) is 0 Å². The second kappa shape index (κ2) is 8.08. The van der Waals surface area contributed by atoms with E-state index in [1.54, 1.807) is 0 Å². The van der Waals surface area contributed by atoms with Crippen molar-refractivity contribution in [3.63, 3.8) is 0 Å². The molecule has 84 valence electrons. The van der Waals surface area contributed by atoms with Crippen LogP contribution in [0.3, 0.4) is 0 Å². The fourth-order valence-electron chi connectivity index (χ4n) is 2.75.